The van der Waals surface area contributed by atoms with Crippen molar-refractivity contribution < 1.29 is 4.79 Å². The Morgan fingerprint density at radius 3 is 2.29 bits per heavy atom. The van der Waals surface area contributed by atoms with Crippen LogP contribution in [0.1, 0.15) is 36.8 Å². The van der Waals surface area contributed by atoms with Crippen molar-refractivity contribution in [3.63, 3.8) is 0 Å². The van der Waals surface area contributed by atoms with Gasteiger partial charge in [-0.2, -0.15) is 0 Å². The van der Waals surface area contributed by atoms with Gasteiger partial charge in [0.2, 0.25) is 5.91 Å². The molecule has 2 aromatic rings. The maximum atomic E-state index is 12.3. The molecule has 24 heavy (non-hydrogen) atoms. The highest BCUT2D eigenvalue weighted by molar-refractivity contribution is 6.30. The number of nitrogen functional groups attached to an aromatic ring is 1. The molecule has 0 spiro atoms. The Hall–Kier alpha value is -2.00. The Balaban J connectivity index is 1.65. The quantitative estimate of drug-likeness (QED) is 0.804. The van der Waals surface area contributed by atoms with Crippen LogP contribution in [0.25, 0.3) is 0 Å². The normalized spacial score (nSPS) is 16.0. The van der Waals surface area contributed by atoms with Crippen LogP contribution >= 0.6 is 11.6 Å². The number of hydrogen-bond donors (Lipinski definition) is 2. The number of halogens is 1. The minimum Gasteiger partial charge on any atom is -0.399 e. The Bertz CT molecular complexity index is 689. The molecular formula is C20H23ClN2O. The summed E-state index contributed by atoms with van der Waals surface area (Å²) in [6.07, 6.45) is 5.01. The third-order valence-electron chi connectivity index (χ3n) is 4.99. The van der Waals surface area contributed by atoms with Crippen LogP contribution in [0, 0.1) is 0 Å². The fourth-order valence-corrected chi connectivity index (χ4v) is 3.70. The number of rotatable bonds is 5. The SMILES string of the molecule is Nc1ccc(CC(=O)NCC2(c3ccc(Cl)cc3)CCCC2)cc1. The van der Waals surface area contributed by atoms with E-state index in [-0.39, 0.29) is 11.3 Å². The van der Waals surface area contributed by atoms with Gasteiger partial charge < -0.3 is 11.1 Å². The molecule has 1 fully saturated rings. The summed E-state index contributed by atoms with van der Waals surface area (Å²) >= 11 is 6.01. The zero-order valence-corrected chi connectivity index (χ0v) is 14.5. The molecule has 4 heteroatoms. The van der Waals surface area contributed by atoms with E-state index in [0.29, 0.717) is 18.7 Å². The van der Waals surface area contributed by atoms with Crippen molar-refractivity contribution in [2.24, 2.45) is 0 Å². The summed E-state index contributed by atoms with van der Waals surface area (Å²) < 4.78 is 0. The van der Waals surface area contributed by atoms with Crippen molar-refractivity contribution in [1.29, 1.82) is 0 Å². The highest BCUT2D eigenvalue weighted by atomic mass is 35.5. The van der Waals surface area contributed by atoms with Crippen LogP contribution in [-0.2, 0) is 16.6 Å². The van der Waals surface area contributed by atoms with E-state index in [4.69, 9.17) is 17.3 Å². The molecule has 0 aliphatic heterocycles. The zero-order valence-electron chi connectivity index (χ0n) is 13.7. The van der Waals surface area contributed by atoms with E-state index in [1.54, 1.807) is 0 Å². The lowest BCUT2D eigenvalue weighted by atomic mass is 9.79. The molecular weight excluding hydrogens is 320 g/mol. The molecule has 3 nitrogen and oxygen atoms in total. The molecule has 0 bridgehead atoms. The molecule has 0 unspecified atom stereocenters. The van der Waals surface area contributed by atoms with Gasteiger partial charge in [-0.3, -0.25) is 4.79 Å². The molecule has 1 aliphatic carbocycles. The molecule has 3 N–H and O–H groups in total. The summed E-state index contributed by atoms with van der Waals surface area (Å²) in [6, 6.07) is 15.5. The molecule has 2 aromatic carbocycles. The molecule has 0 saturated heterocycles. The van der Waals surface area contributed by atoms with Crippen LogP contribution in [-0.4, -0.2) is 12.5 Å². The Labute approximate surface area is 148 Å². The van der Waals surface area contributed by atoms with Gasteiger partial charge in [-0.05, 0) is 48.2 Å². The van der Waals surface area contributed by atoms with E-state index in [0.717, 1.165) is 23.4 Å². The number of benzene rings is 2. The highest BCUT2D eigenvalue weighted by Gasteiger charge is 2.35. The lowest BCUT2D eigenvalue weighted by Crippen LogP contribution is -2.39. The number of amides is 1. The van der Waals surface area contributed by atoms with Crippen molar-refractivity contribution >= 4 is 23.2 Å². The number of carbonyl (C=O) groups is 1. The standard InChI is InChI=1S/C20H23ClN2O/c21-17-7-5-16(6-8-17)20(11-1-2-12-20)14-23-19(24)13-15-3-9-18(22)10-4-15/h3-10H,1-2,11-14,22H2,(H,23,24). The van der Waals surface area contributed by atoms with Crippen molar-refractivity contribution in [2.75, 3.05) is 12.3 Å². The second kappa shape index (κ2) is 7.27. The minimum absolute atomic E-state index is 0.0430. The second-order valence-electron chi connectivity index (χ2n) is 6.69. The lowest BCUT2D eigenvalue weighted by molar-refractivity contribution is -0.120. The first kappa shape index (κ1) is 16.8. The molecule has 0 atom stereocenters. The maximum Gasteiger partial charge on any atom is 0.224 e. The number of anilines is 1. The molecule has 0 heterocycles. The first-order valence-electron chi connectivity index (χ1n) is 8.45. The average Bonchev–Trinajstić information content (AvgIpc) is 3.06. The van der Waals surface area contributed by atoms with Crippen molar-refractivity contribution in [3.05, 3.63) is 64.7 Å². The van der Waals surface area contributed by atoms with Crippen LogP contribution in [0.3, 0.4) is 0 Å². The van der Waals surface area contributed by atoms with E-state index >= 15 is 0 Å². The fraction of sp³-hybridized carbons (Fsp3) is 0.350. The number of nitrogens with one attached hydrogen (secondary N) is 1. The van der Waals surface area contributed by atoms with E-state index in [1.165, 1.54) is 18.4 Å². The predicted octanol–water partition coefficient (Wildman–Crippen LogP) is 4.09. The van der Waals surface area contributed by atoms with Crippen LogP contribution < -0.4 is 11.1 Å². The first-order valence-corrected chi connectivity index (χ1v) is 8.82. The van der Waals surface area contributed by atoms with Crippen LogP contribution in [0.4, 0.5) is 5.69 Å². The van der Waals surface area contributed by atoms with E-state index < -0.39 is 0 Å². The van der Waals surface area contributed by atoms with E-state index in [1.807, 2.05) is 36.4 Å². The largest absolute Gasteiger partial charge is 0.399 e. The molecule has 1 aliphatic rings. The van der Waals surface area contributed by atoms with Gasteiger partial charge >= 0.3 is 0 Å². The average molecular weight is 343 g/mol. The summed E-state index contributed by atoms with van der Waals surface area (Å²) in [5.41, 5.74) is 8.69. The summed E-state index contributed by atoms with van der Waals surface area (Å²) in [7, 11) is 0. The van der Waals surface area contributed by atoms with Crippen molar-refractivity contribution in [2.45, 2.75) is 37.5 Å². The fourth-order valence-electron chi connectivity index (χ4n) is 3.57. The van der Waals surface area contributed by atoms with Crippen LogP contribution in [0.15, 0.2) is 48.5 Å². The van der Waals surface area contributed by atoms with Gasteiger partial charge in [0, 0.05) is 22.7 Å². The topological polar surface area (TPSA) is 55.1 Å². The third-order valence-corrected chi connectivity index (χ3v) is 5.24. The number of carbonyl (C=O) groups excluding carboxylic acids is 1. The smallest absolute Gasteiger partial charge is 0.224 e. The Morgan fingerprint density at radius 1 is 1.04 bits per heavy atom. The minimum atomic E-state index is 0.0430. The number of hydrogen-bond acceptors (Lipinski definition) is 2. The van der Waals surface area contributed by atoms with E-state index in [2.05, 4.69) is 17.4 Å². The predicted molar refractivity (Wildman–Crippen MR) is 99.2 cm³/mol. The summed E-state index contributed by atoms with van der Waals surface area (Å²) in [4.78, 5) is 12.3. The van der Waals surface area contributed by atoms with Gasteiger partial charge in [0.1, 0.15) is 0 Å². The molecule has 1 saturated carbocycles. The summed E-state index contributed by atoms with van der Waals surface area (Å²) in [5, 5.41) is 3.89. The highest BCUT2D eigenvalue weighted by Crippen LogP contribution is 2.40. The van der Waals surface area contributed by atoms with Gasteiger partial charge in [0.25, 0.3) is 0 Å². The molecule has 1 amide bonds. The van der Waals surface area contributed by atoms with Gasteiger partial charge in [0.15, 0.2) is 0 Å². The molecule has 3 rings (SSSR count). The first-order chi connectivity index (χ1) is 11.6. The van der Waals surface area contributed by atoms with Gasteiger partial charge in [-0.1, -0.05) is 48.7 Å². The lowest BCUT2D eigenvalue weighted by Gasteiger charge is -2.30. The second-order valence-corrected chi connectivity index (χ2v) is 7.13. The Morgan fingerprint density at radius 2 is 1.67 bits per heavy atom. The van der Waals surface area contributed by atoms with Gasteiger partial charge in [-0.25, -0.2) is 0 Å². The maximum absolute atomic E-state index is 12.3. The molecule has 0 aromatic heterocycles. The van der Waals surface area contributed by atoms with Crippen LogP contribution in [0.2, 0.25) is 5.02 Å². The van der Waals surface area contributed by atoms with Crippen LogP contribution in [0.5, 0.6) is 0 Å². The summed E-state index contributed by atoms with van der Waals surface area (Å²) in [6.45, 7) is 0.683. The van der Waals surface area contributed by atoms with Crippen molar-refractivity contribution in [3.8, 4) is 0 Å². The number of nitrogens with two attached hydrogens (primary N) is 1. The van der Waals surface area contributed by atoms with Gasteiger partial charge in [0.05, 0.1) is 6.42 Å². The third kappa shape index (κ3) is 3.90. The molecule has 0 radical (unpaired) electrons. The monoisotopic (exact) mass is 342 g/mol. The zero-order chi connectivity index (χ0) is 17.0. The Kier molecular flexibility index (Phi) is 5.10. The molecule has 126 valence electrons. The van der Waals surface area contributed by atoms with Gasteiger partial charge in [-0.15, -0.1) is 0 Å². The van der Waals surface area contributed by atoms with E-state index in [9.17, 15) is 4.79 Å². The van der Waals surface area contributed by atoms with Crippen molar-refractivity contribution in [1.82, 2.24) is 5.32 Å². The summed E-state index contributed by atoms with van der Waals surface area (Å²) in [5.74, 6) is 0.0556.